The van der Waals surface area contributed by atoms with E-state index >= 15 is 0 Å². The summed E-state index contributed by atoms with van der Waals surface area (Å²) in [5.74, 6) is 0.204. The second kappa shape index (κ2) is 5.09. The molecular formula is C10H17NO2S2. The van der Waals surface area contributed by atoms with Gasteiger partial charge in [0.2, 0.25) is 0 Å². The van der Waals surface area contributed by atoms with E-state index in [2.05, 4.69) is 25.2 Å². The maximum atomic E-state index is 10.9. The number of hydrogen-bond acceptors (Lipinski definition) is 4. The third-order valence-corrected chi connectivity index (χ3v) is 4.06. The highest BCUT2D eigenvalue weighted by Gasteiger charge is 2.04. The van der Waals surface area contributed by atoms with Gasteiger partial charge in [-0.1, -0.05) is 0 Å². The van der Waals surface area contributed by atoms with E-state index in [0.29, 0.717) is 6.54 Å². The van der Waals surface area contributed by atoms with Crippen molar-refractivity contribution < 1.29 is 8.42 Å². The molecule has 0 saturated carbocycles. The van der Waals surface area contributed by atoms with Gasteiger partial charge in [-0.05, 0) is 25.5 Å². The Labute approximate surface area is 95.4 Å². The van der Waals surface area contributed by atoms with Crippen LogP contribution >= 0.6 is 11.3 Å². The SMILES string of the molecule is Cc1cc(CNCCS(C)(=O)=O)c(C)s1. The zero-order valence-electron chi connectivity index (χ0n) is 9.33. The van der Waals surface area contributed by atoms with Crippen molar-refractivity contribution in [3.63, 3.8) is 0 Å². The maximum absolute atomic E-state index is 10.9. The fraction of sp³-hybridized carbons (Fsp3) is 0.600. The molecule has 1 aromatic heterocycles. The molecule has 0 bridgehead atoms. The first-order valence-electron chi connectivity index (χ1n) is 4.83. The fourth-order valence-corrected chi connectivity index (χ4v) is 2.80. The molecular weight excluding hydrogens is 230 g/mol. The Morgan fingerprint density at radius 3 is 2.53 bits per heavy atom. The van der Waals surface area contributed by atoms with Gasteiger partial charge < -0.3 is 5.32 Å². The van der Waals surface area contributed by atoms with E-state index < -0.39 is 9.84 Å². The standard InChI is InChI=1S/C10H17NO2S2/c1-8-6-10(9(2)14-8)7-11-4-5-15(3,12)13/h6,11H,4-5,7H2,1-3H3. The molecule has 0 fully saturated rings. The van der Waals surface area contributed by atoms with Crippen LogP contribution in [-0.2, 0) is 16.4 Å². The summed E-state index contributed by atoms with van der Waals surface area (Å²) >= 11 is 1.77. The van der Waals surface area contributed by atoms with Crippen molar-refractivity contribution in [1.82, 2.24) is 5.32 Å². The van der Waals surface area contributed by atoms with Crippen molar-refractivity contribution in [2.24, 2.45) is 0 Å². The zero-order valence-corrected chi connectivity index (χ0v) is 11.0. The van der Waals surface area contributed by atoms with Gasteiger partial charge in [0.25, 0.3) is 0 Å². The van der Waals surface area contributed by atoms with Crippen LogP contribution in [0.3, 0.4) is 0 Å². The van der Waals surface area contributed by atoms with Gasteiger partial charge in [0.15, 0.2) is 0 Å². The molecule has 5 heteroatoms. The number of rotatable bonds is 5. The van der Waals surface area contributed by atoms with E-state index in [-0.39, 0.29) is 5.75 Å². The summed E-state index contributed by atoms with van der Waals surface area (Å²) in [6, 6.07) is 2.15. The number of hydrogen-bond donors (Lipinski definition) is 1. The maximum Gasteiger partial charge on any atom is 0.148 e. The van der Waals surface area contributed by atoms with Crippen LogP contribution in [0.5, 0.6) is 0 Å². The van der Waals surface area contributed by atoms with Crippen LogP contribution in [0.25, 0.3) is 0 Å². The second-order valence-electron chi connectivity index (χ2n) is 3.75. The van der Waals surface area contributed by atoms with E-state index in [1.807, 2.05) is 0 Å². The molecule has 0 amide bonds. The molecule has 0 aliphatic carbocycles. The predicted molar refractivity (Wildman–Crippen MR) is 65.2 cm³/mol. The first-order valence-corrected chi connectivity index (χ1v) is 7.70. The zero-order chi connectivity index (χ0) is 11.5. The normalized spacial score (nSPS) is 11.9. The average Bonchev–Trinajstić information content (AvgIpc) is 2.37. The minimum absolute atomic E-state index is 0.204. The molecule has 15 heavy (non-hydrogen) atoms. The molecule has 0 spiro atoms. The molecule has 1 heterocycles. The molecule has 0 aliphatic rings. The second-order valence-corrected chi connectivity index (χ2v) is 7.47. The van der Waals surface area contributed by atoms with Crippen LogP contribution in [0.4, 0.5) is 0 Å². The highest BCUT2D eigenvalue weighted by molar-refractivity contribution is 7.90. The lowest BCUT2D eigenvalue weighted by Gasteiger charge is -2.02. The van der Waals surface area contributed by atoms with Crippen LogP contribution < -0.4 is 5.32 Å². The molecule has 1 aromatic rings. The largest absolute Gasteiger partial charge is 0.312 e. The Balaban J connectivity index is 2.35. The number of thiophene rings is 1. The Morgan fingerprint density at radius 2 is 2.07 bits per heavy atom. The minimum Gasteiger partial charge on any atom is -0.312 e. The summed E-state index contributed by atoms with van der Waals surface area (Å²) in [4.78, 5) is 2.60. The van der Waals surface area contributed by atoms with Gasteiger partial charge in [-0.15, -0.1) is 11.3 Å². The van der Waals surface area contributed by atoms with Crippen molar-refractivity contribution in [2.45, 2.75) is 20.4 Å². The van der Waals surface area contributed by atoms with Crippen LogP contribution in [0, 0.1) is 13.8 Å². The smallest absolute Gasteiger partial charge is 0.148 e. The van der Waals surface area contributed by atoms with E-state index in [9.17, 15) is 8.42 Å². The number of nitrogens with one attached hydrogen (secondary N) is 1. The molecule has 0 aromatic carbocycles. The predicted octanol–water partition coefficient (Wildman–Crippen LogP) is 1.50. The third-order valence-electron chi connectivity index (χ3n) is 2.11. The number of sulfone groups is 1. The first-order chi connectivity index (χ1) is 6.88. The fourth-order valence-electron chi connectivity index (χ4n) is 1.34. The summed E-state index contributed by atoms with van der Waals surface area (Å²) in [5, 5.41) is 3.14. The number of aryl methyl sites for hydroxylation is 2. The highest BCUT2D eigenvalue weighted by atomic mass is 32.2. The Bertz CT molecular complexity index is 421. The van der Waals surface area contributed by atoms with E-state index in [0.717, 1.165) is 6.54 Å². The van der Waals surface area contributed by atoms with Crippen LogP contribution in [0.2, 0.25) is 0 Å². The Kier molecular flexibility index (Phi) is 4.31. The van der Waals surface area contributed by atoms with Crippen molar-refractivity contribution in [3.8, 4) is 0 Å². The molecule has 0 atom stereocenters. The monoisotopic (exact) mass is 247 g/mol. The minimum atomic E-state index is -2.84. The lowest BCUT2D eigenvalue weighted by atomic mass is 10.2. The molecule has 0 radical (unpaired) electrons. The van der Waals surface area contributed by atoms with Gasteiger partial charge in [0, 0.05) is 29.1 Å². The summed E-state index contributed by atoms with van der Waals surface area (Å²) in [7, 11) is -2.84. The highest BCUT2D eigenvalue weighted by Crippen LogP contribution is 2.19. The first kappa shape index (κ1) is 12.7. The van der Waals surface area contributed by atoms with Crippen LogP contribution in [-0.4, -0.2) is 27.0 Å². The molecule has 86 valence electrons. The molecule has 0 aliphatic heterocycles. The van der Waals surface area contributed by atoms with E-state index in [1.54, 1.807) is 11.3 Å². The van der Waals surface area contributed by atoms with Gasteiger partial charge in [-0.2, -0.15) is 0 Å². The molecule has 0 unspecified atom stereocenters. The molecule has 0 saturated heterocycles. The Morgan fingerprint density at radius 1 is 1.40 bits per heavy atom. The lowest BCUT2D eigenvalue weighted by Crippen LogP contribution is -2.21. The topological polar surface area (TPSA) is 46.2 Å². The van der Waals surface area contributed by atoms with Gasteiger partial charge in [-0.25, -0.2) is 8.42 Å². The van der Waals surface area contributed by atoms with Gasteiger partial charge in [0.05, 0.1) is 5.75 Å². The van der Waals surface area contributed by atoms with Crippen molar-refractivity contribution in [2.75, 3.05) is 18.6 Å². The summed E-state index contributed by atoms with van der Waals surface area (Å²) in [6.45, 7) is 5.45. The summed E-state index contributed by atoms with van der Waals surface area (Å²) < 4.78 is 21.8. The van der Waals surface area contributed by atoms with Crippen molar-refractivity contribution in [3.05, 3.63) is 21.4 Å². The van der Waals surface area contributed by atoms with Crippen LogP contribution in [0.1, 0.15) is 15.3 Å². The lowest BCUT2D eigenvalue weighted by molar-refractivity contribution is 0.596. The van der Waals surface area contributed by atoms with E-state index in [4.69, 9.17) is 0 Å². The van der Waals surface area contributed by atoms with Gasteiger partial charge in [0.1, 0.15) is 9.84 Å². The summed E-state index contributed by atoms with van der Waals surface area (Å²) in [6.07, 6.45) is 1.26. The molecule has 1 N–H and O–H groups in total. The van der Waals surface area contributed by atoms with Gasteiger partial charge in [-0.3, -0.25) is 0 Å². The van der Waals surface area contributed by atoms with Crippen molar-refractivity contribution >= 4 is 21.2 Å². The summed E-state index contributed by atoms with van der Waals surface area (Å²) in [5.41, 5.74) is 1.27. The average molecular weight is 247 g/mol. The Hall–Kier alpha value is -0.390. The van der Waals surface area contributed by atoms with Crippen LogP contribution in [0.15, 0.2) is 6.07 Å². The third kappa shape index (κ3) is 4.77. The quantitative estimate of drug-likeness (QED) is 0.802. The molecule has 3 nitrogen and oxygen atoms in total. The van der Waals surface area contributed by atoms with E-state index in [1.165, 1.54) is 21.6 Å². The molecule has 1 rings (SSSR count). The van der Waals surface area contributed by atoms with Crippen molar-refractivity contribution in [1.29, 1.82) is 0 Å². The van der Waals surface area contributed by atoms with Gasteiger partial charge >= 0.3 is 0 Å².